The molecule has 2 aromatic carbocycles. The molecule has 5 heteroatoms. The number of rotatable bonds is 6. The highest BCUT2D eigenvalue weighted by Gasteiger charge is 2.32. The largest absolute Gasteiger partial charge is 0.485 e. The minimum Gasteiger partial charge on any atom is -0.485 e. The summed E-state index contributed by atoms with van der Waals surface area (Å²) in [6.45, 7) is 5.73. The number of carboxylic acids is 1. The van der Waals surface area contributed by atoms with Crippen molar-refractivity contribution in [2.45, 2.75) is 45.8 Å². The number of carboxylic acid groups (broad SMARTS) is 1. The number of carbonyl (C=O) groups is 1. The Balaban J connectivity index is 1.70. The molecule has 1 unspecified atom stereocenters. The summed E-state index contributed by atoms with van der Waals surface area (Å²) in [5.74, 6) is -0.502. The number of fused-ring (bicyclic) bond motifs is 1. The van der Waals surface area contributed by atoms with Crippen LogP contribution in [-0.4, -0.2) is 16.7 Å². The van der Waals surface area contributed by atoms with Crippen LogP contribution in [-0.2, 0) is 24.2 Å². The molecule has 0 radical (unpaired) electrons. The van der Waals surface area contributed by atoms with Crippen molar-refractivity contribution in [3.8, 4) is 11.5 Å². The van der Waals surface area contributed by atoms with Crippen LogP contribution in [0.3, 0.4) is 0 Å². The van der Waals surface area contributed by atoms with E-state index in [1.54, 1.807) is 19.1 Å². The fraction of sp³-hybridized carbons (Fsp3) is 0.381. The van der Waals surface area contributed by atoms with Crippen molar-refractivity contribution in [1.29, 1.82) is 0 Å². The number of hydrogen-bond acceptors (Lipinski definition) is 3. The fourth-order valence-corrected chi connectivity index (χ4v) is 3.13. The Labute approximate surface area is 152 Å². The molecule has 0 aliphatic carbocycles. The van der Waals surface area contributed by atoms with Crippen LogP contribution in [0.15, 0.2) is 36.4 Å². The Hall–Kier alpha value is -2.56. The van der Waals surface area contributed by atoms with Gasteiger partial charge in [0, 0.05) is 17.5 Å². The molecule has 1 N–H and O–H groups in total. The highest BCUT2D eigenvalue weighted by atomic mass is 19.1. The molecular formula is C21H23FO4. The van der Waals surface area contributed by atoms with Gasteiger partial charge in [-0.1, -0.05) is 31.2 Å². The zero-order chi connectivity index (χ0) is 18.9. The third-order valence-corrected chi connectivity index (χ3v) is 4.52. The van der Waals surface area contributed by atoms with Crippen LogP contribution >= 0.6 is 0 Å². The first-order chi connectivity index (χ1) is 12.2. The molecule has 3 rings (SSSR count). The Morgan fingerprint density at radius 1 is 1.35 bits per heavy atom. The summed E-state index contributed by atoms with van der Waals surface area (Å²) in [6.07, 6.45) is 1.10. The van der Waals surface area contributed by atoms with Crippen molar-refractivity contribution in [3.63, 3.8) is 0 Å². The van der Waals surface area contributed by atoms with Crippen molar-refractivity contribution in [3.05, 3.63) is 58.9 Å². The van der Waals surface area contributed by atoms with E-state index in [2.05, 4.69) is 0 Å². The molecule has 0 spiro atoms. The van der Waals surface area contributed by atoms with Crippen molar-refractivity contribution < 1.29 is 23.8 Å². The van der Waals surface area contributed by atoms with Crippen LogP contribution < -0.4 is 9.47 Å². The number of ether oxygens (including phenoxy) is 2. The molecule has 1 heterocycles. The Kier molecular flexibility index (Phi) is 4.90. The average molecular weight is 358 g/mol. The van der Waals surface area contributed by atoms with E-state index in [-0.39, 0.29) is 12.2 Å². The number of para-hydroxylation sites is 1. The second-order valence-corrected chi connectivity index (χ2v) is 7.44. The Morgan fingerprint density at radius 2 is 2.12 bits per heavy atom. The standard InChI is InChI=1S/C21H23FO4/c1-13(20(23)24)9-14-7-8-16(17(22)10-14)12-25-18-6-4-5-15-11-21(2,3)26-19(15)18/h4-8,10,13H,9,11-12H2,1-3H3,(H,23,24). The van der Waals surface area contributed by atoms with E-state index >= 15 is 0 Å². The molecule has 2 aromatic rings. The van der Waals surface area contributed by atoms with E-state index in [0.29, 0.717) is 23.3 Å². The molecule has 0 saturated carbocycles. The molecule has 26 heavy (non-hydrogen) atoms. The van der Waals surface area contributed by atoms with E-state index in [9.17, 15) is 9.18 Å². The number of aliphatic carboxylic acids is 1. The zero-order valence-corrected chi connectivity index (χ0v) is 15.2. The zero-order valence-electron chi connectivity index (χ0n) is 15.2. The average Bonchev–Trinajstić information content (AvgIpc) is 2.88. The highest BCUT2D eigenvalue weighted by molar-refractivity contribution is 5.69. The maximum atomic E-state index is 14.3. The minimum absolute atomic E-state index is 0.0842. The van der Waals surface area contributed by atoms with Gasteiger partial charge >= 0.3 is 5.97 Å². The summed E-state index contributed by atoms with van der Waals surface area (Å²) in [6, 6.07) is 10.5. The van der Waals surface area contributed by atoms with E-state index in [0.717, 1.165) is 17.7 Å². The fourth-order valence-electron chi connectivity index (χ4n) is 3.13. The van der Waals surface area contributed by atoms with Gasteiger partial charge in [0.2, 0.25) is 0 Å². The molecule has 0 amide bonds. The van der Waals surface area contributed by atoms with Gasteiger partial charge in [-0.15, -0.1) is 0 Å². The van der Waals surface area contributed by atoms with Crippen molar-refractivity contribution in [2.24, 2.45) is 5.92 Å². The van der Waals surface area contributed by atoms with Crippen LogP contribution in [0.1, 0.15) is 37.5 Å². The van der Waals surface area contributed by atoms with Gasteiger partial charge in [-0.3, -0.25) is 4.79 Å². The molecule has 4 nitrogen and oxygen atoms in total. The lowest BCUT2D eigenvalue weighted by Gasteiger charge is -2.18. The normalized spacial score (nSPS) is 15.8. The van der Waals surface area contributed by atoms with Gasteiger partial charge in [0.05, 0.1) is 5.92 Å². The van der Waals surface area contributed by atoms with Gasteiger partial charge in [0.15, 0.2) is 11.5 Å². The lowest BCUT2D eigenvalue weighted by Crippen LogP contribution is -2.24. The predicted octanol–water partition coefficient (Wildman–Crippen LogP) is 4.38. The van der Waals surface area contributed by atoms with Crippen molar-refractivity contribution in [1.82, 2.24) is 0 Å². The van der Waals surface area contributed by atoms with Gasteiger partial charge in [0.1, 0.15) is 18.0 Å². The first kappa shape index (κ1) is 18.2. The molecular weight excluding hydrogens is 335 g/mol. The number of halogens is 1. The maximum Gasteiger partial charge on any atom is 0.306 e. The van der Waals surface area contributed by atoms with Crippen LogP contribution in [0.4, 0.5) is 4.39 Å². The highest BCUT2D eigenvalue weighted by Crippen LogP contribution is 2.42. The second-order valence-electron chi connectivity index (χ2n) is 7.44. The molecule has 1 aliphatic heterocycles. The Bertz CT molecular complexity index is 829. The molecule has 0 fully saturated rings. The summed E-state index contributed by atoms with van der Waals surface area (Å²) in [7, 11) is 0. The summed E-state index contributed by atoms with van der Waals surface area (Å²) in [4.78, 5) is 10.9. The van der Waals surface area contributed by atoms with Crippen LogP contribution in [0.2, 0.25) is 0 Å². The second kappa shape index (κ2) is 6.98. The maximum absolute atomic E-state index is 14.3. The van der Waals surface area contributed by atoms with E-state index in [1.165, 1.54) is 6.07 Å². The smallest absolute Gasteiger partial charge is 0.306 e. The van der Waals surface area contributed by atoms with Gasteiger partial charge in [-0.05, 0) is 38.0 Å². The van der Waals surface area contributed by atoms with Crippen LogP contribution in [0.25, 0.3) is 0 Å². The molecule has 0 saturated heterocycles. The molecule has 0 aromatic heterocycles. The van der Waals surface area contributed by atoms with E-state index < -0.39 is 17.7 Å². The quantitative estimate of drug-likeness (QED) is 0.832. The summed E-state index contributed by atoms with van der Waals surface area (Å²) >= 11 is 0. The SMILES string of the molecule is CC(Cc1ccc(COc2cccc3c2OC(C)(C)C3)c(F)c1)C(=O)O. The monoisotopic (exact) mass is 358 g/mol. The third kappa shape index (κ3) is 3.98. The van der Waals surface area contributed by atoms with Crippen LogP contribution in [0.5, 0.6) is 11.5 Å². The van der Waals surface area contributed by atoms with Gasteiger partial charge in [-0.2, -0.15) is 0 Å². The summed E-state index contributed by atoms with van der Waals surface area (Å²) < 4.78 is 26.1. The first-order valence-electron chi connectivity index (χ1n) is 8.69. The van der Waals surface area contributed by atoms with Crippen molar-refractivity contribution >= 4 is 5.97 Å². The van der Waals surface area contributed by atoms with E-state index in [1.807, 2.05) is 32.0 Å². The Morgan fingerprint density at radius 3 is 2.81 bits per heavy atom. The molecule has 0 bridgehead atoms. The molecule has 1 atom stereocenters. The molecule has 138 valence electrons. The van der Waals surface area contributed by atoms with Crippen molar-refractivity contribution in [2.75, 3.05) is 0 Å². The minimum atomic E-state index is -0.890. The van der Waals surface area contributed by atoms with Gasteiger partial charge < -0.3 is 14.6 Å². The van der Waals surface area contributed by atoms with Gasteiger partial charge in [-0.25, -0.2) is 4.39 Å². The third-order valence-electron chi connectivity index (χ3n) is 4.52. The predicted molar refractivity (Wildman–Crippen MR) is 96.1 cm³/mol. The number of hydrogen-bond donors (Lipinski definition) is 1. The van der Waals surface area contributed by atoms with E-state index in [4.69, 9.17) is 14.6 Å². The van der Waals surface area contributed by atoms with Gasteiger partial charge in [0.25, 0.3) is 0 Å². The lowest BCUT2D eigenvalue weighted by molar-refractivity contribution is -0.141. The topological polar surface area (TPSA) is 55.8 Å². The number of benzene rings is 2. The first-order valence-corrected chi connectivity index (χ1v) is 8.69. The molecule has 1 aliphatic rings. The lowest BCUT2D eigenvalue weighted by atomic mass is 10.00. The summed E-state index contributed by atoms with van der Waals surface area (Å²) in [5.41, 5.74) is 1.90. The summed E-state index contributed by atoms with van der Waals surface area (Å²) in [5, 5.41) is 8.97. The van der Waals surface area contributed by atoms with Crippen LogP contribution in [0, 0.1) is 11.7 Å².